The van der Waals surface area contributed by atoms with E-state index in [4.69, 9.17) is 0 Å². The predicted molar refractivity (Wildman–Crippen MR) is 101 cm³/mol. The topological polar surface area (TPSA) is 96.0 Å². The molecular weight excluding hydrogens is 361 g/mol. The first kappa shape index (κ1) is 18.5. The van der Waals surface area contributed by atoms with Gasteiger partial charge in [0.05, 0.1) is 11.7 Å². The summed E-state index contributed by atoms with van der Waals surface area (Å²) in [7, 11) is 0. The highest BCUT2D eigenvalue weighted by atomic mass is 19.1. The molecule has 146 valence electrons. The first-order valence-corrected chi connectivity index (χ1v) is 9.45. The summed E-state index contributed by atoms with van der Waals surface area (Å²) in [4.78, 5) is 24.5. The molecule has 0 radical (unpaired) electrons. The lowest BCUT2D eigenvalue weighted by Crippen LogP contribution is -2.56. The van der Waals surface area contributed by atoms with Crippen molar-refractivity contribution in [2.24, 2.45) is 5.92 Å². The first-order valence-electron chi connectivity index (χ1n) is 9.45. The molecule has 8 heteroatoms. The zero-order valence-corrected chi connectivity index (χ0v) is 15.6. The van der Waals surface area contributed by atoms with Gasteiger partial charge in [0, 0.05) is 30.8 Å². The van der Waals surface area contributed by atoms with Crippen molar-refractivity contribution in [3.63, 3.8) is 0 Å². The maximum absolute atomic E-state index is 14.4. The van der Waals surface area contributed by atoms with Gasteiger partial charge in [-0.2, -0.15) is 0 Å². The fourth-order valence-electron chi connectivity index (χ4n) is 2.98. The molecule has 0 spiro atoms. The predicted octanol–water partition coefficient (Wildman–Crippen LogP) is 1.43. The molecule has 2 amide bonds. The van der Waals surface area contributed by atoms with E-state index >= 15 is 0 Å². The second-order valence-electron chi connectivity index (χ2n) is 7.42. The van der Waals surface area contributed by atoms with Gasteiger partial charge in [-0.25, -0.2) is 4.39 Å². The Kier molecular flexibility index (Phi) is 5.04. The fourth-order valence-corrected chi connectivity index (χ4v) is 2.98. The minimum absolute atomic E-state index is 0.0635. The molecule has 0 atom stereocenters. The van der Waals surface area contributed by atoms with Crippen LogP contribution in [0.3, 0.4) is 0 Å². The molecule has 2 aliphatic rings. The quantitative estimate of drug-likeness (QED) is 0.701. The Morgan fingerprint density at radius 1 is 1.18 bits per heavy atom. The largest absolute Gasteiger partial charge is 0.350 e. The number of aromatic nitrogens is 2. The summed E-state index contributed by atoms with van der Waals surface area (Å²) in [5, 5.41) is 16.8. The average molecular weight is 383 g/mol. The average Bonchev–Trinajstić information content (AvgIpc) is 3.49. The minimum atomic E-state index is -0.484. The lowest BCUT2D eigenvalue weighted by atomic mass is 10.0. The SMILES string of the molecule is Cc1c(F)cc(C(=O)NC2CNC2)cc1-c1ccc(C(=O)NCC2CC2)nn1. The Labute approximate surface area is 162 Å². The lowest BCUT2D eigenvalue weighted by molar-refractivity contribution is 0.0921. The zero-order valence-electron chi connectivity index (χ0n) is 15.6. The highest BCUT2D eigenvalue weighted by Gasteiger charge is 2.23. The first-order chi connectivity index (χ1) is 13.5. The highest BCUT2D eigenvalue weighted by Crippen LogP contribution is 2.28. The van der Waals surface area contributed by atoms with Crippen molar-refractivity contribution in [2.45, 2.75) is 25.8 Å². The molecule has 4 rings (SSSR count). The highest BCUT2D eigenvalue weighted by molar-refractivity contribution is 5.96. The Balaban J connectivity index is 1.53. The van der Waals surface area contributed by atoms with E-state index in [-0.39, 0.29) is 29.1 Å². The number of carbonyl (C=O) groups excluding carboxylic acids is 2. The van der Waals surface area contributed by atoms with Gasteiger partial charge in [0.15, 0.2) is 5.69 Å². The molecule has 0 unspecified atom stereocenters. The standard InChI is InChI=1S/C20H22FN5O2/c1-11-15(6-13(7-16(11)21)19(27)24-14-9-22-10-14)17-4-5-18(26-25-17)20(28)23-8-12-2-3-12/h4-7,12,14,22H,2-3,8-10H2,1H3,(H,23,28)(H,24,27). The Bertz CT molecular complexity index is 908. The number of hydrogen-bond donors (Lipinski definition) is 3. The second-order valence-corrected chi connectivity index (χ2v) is 7.42. The third-order valence-electron chi connectivity index (χ3n) is 5.14. The van der Waals surface area contributed by atoms with Crippen LogP contribution in [0, 0.1) is 18.7 Å². The molecule has 0 bridgehead atoms. The van der Waals surface area contributed by atoms with Gasteiger partial charge in [0.2, 0.25) is 0 Å². The number of halogens is 1. The van der Waals surface area contributed by atoms with Crippen LogP contribution in [0.5, 0.6) is 0 Å². The van der Waals surface area contributed by atoms with E-state index in [9.17, 15) is 14.0 Å². The summed E-state index contributed by atoms with van der Waals surface area (Å²) in [5.41, 5.74) is 1.72. The van der Waals surface area contributed by atoms with Crippen LogP contribution in [0.25, 0.3) is 11.3 Å². The van der Waals surface area contributed by atoms with E-state index in [1.165, 1.54) is 6.07 Å². The van der Waals surface area contributed by atoms with Crippen LogP contribution in [-0.4, -0.2) is 47.7 Å². The minimum Gasteiger partial charge on any atom is -0.350 e. The van der Waals surface area contributed by atoms with Crippen LogP contribution in [0.2, 0.25) is 0 Å². The maximum atomic E-state index is 14.4. The molecular formula is C20H22FN5O2. The molecule has 1 aliphatic heterocycles. The molecule has 28 heavy (non-hydrogen) atoms. The lowest BCUT2D eigenvalue weighted by Gasteiger charge is -2.28. The summed E-state index contributed by atoms with van der Waals surface area (Å²) >= 11 is 0. The number of nitrogens with one attached hydrogen (secondary N) is 3. The van der Waals surface area contributed by atoms with Crippen molar-refractivity contribution >= 4 is 11.8 Å². The van der Waals surface area contributed by atoms with Gasteiger partial charge in [-0.15, -0.1) is 10.2 Å². The van der Waals surface area contributed by atoms with Crippen LogP contribution < -0.4 is 16.0 Å². The molecule has 1 aliphatic carbocycles. The van der Waals surface area contributed by atoms with E-state index in [0.29, 0.717) is 42.4 Å². The summed E-state index contributed by atoms with van der Waals surface area (Å²) in [6.07, 6.45) is 2.30. The summed E-state index contributed by atoms with van der Waals surface area (Å²) < 4.78 is 14.4. The van der Waals surface area contributed by atoms with Crippen LogP contribution in [-0.2, 0) is 0 Å². The summed E-state index contributed by atoms with van der Waals surface area (Å²) in [6.45, 7) is 3.70. The second kappa shape index (κ2) is 7.63. The molecule has 1 saturated carbocycles. The fraction of sp³-hybridized carbons (Fsp3) is 0.400. The normalized spacial score (nSPS) is 16.4. The summed E-state index contributed by atoms with van der Waals surface area (Å²) in [5.74, 6) is -0.499. The van der Waals surface area contributed by atoms with Crippen molar-refractivity contribution < 1.29 is 14.0 Å². The van der Waals surface area contributed by atoms with E-state index in [1.807, 2.05) is 0 Å². The van der Waals surface area contributed by atoms with Crippen LogP contribution >= 0.6 is 0 Å². The van der Waals surface area contributed by atoms with Gasteiger partial charge < -0.3 is 16.0 Å². The van der Waals surface area contributed by atoms with Gasteiger partial charge in [-0.05, 0) is 55.5 Å². The molecule has 2 aromatic rings. The van der Waals surface area contributed by atoms with Crippen molar-refractivity contribution in [1.29, 1.82) is 0 Å². The van der Waals surface area contributed by atoms with Gasteiger partial charge in [-0.1, -0.05) is 0 Å². The van der Waals surface area contributed by atoms with Gasteiger partial charge in [0.1, 0.15) is 5.82 Å². The maximum Gasteiger partial charge on any atom is 0.271 e. The Morgan fingerprint density at radius 2 is 1.96 bits per heavy atom. The third kappa shape index (κ3) is 4.01. The number of benzene rings is 1. The van der Waals surface area contributed by atoms with E-state index in [2.05, 4.69) is 26.1 Å². The Morgan fingerprint density at radius 3 is 2.57 bits per heavy atom. The van der Waals surface area contributed by atoms with Crippen LogP contribution in [0.1, 0.15) is 39.3 Å². The van der Waals surface area contributed by atoms with E-state index in [1.54, 1.807) is 25.1 Å². The molecule has 1 saturated heterocycles. The smallest absolute Gasteiger partial charge is 0.271 e. The van der Waals surface area contributed by atoms with Gasteiger partial charge >= 0.3 is 0 Å². The van der Waals surface area contributed by atoms with Crippen molar-refractivity contribution in [1.82, 2.24) is 26.1 Å². The van der Waals surface area contributed by atoms with Crippen molar-refractivity contribution in [3.8, 4) is 11.3 Å². The zero-order chi connectivity index (χ0) is 19.7. The van der Waals surface area contributed by atoms with Gasteiger partial charge in [0.25, 0.3) is 11.8 Å². The molecule has 7 nitrogen and oxygen atoms in total. The van der Waals surface area contributed by atoms with Crippen LogP contribution in [0.15, 0.2) is 24.3 Å². The number of carbonyl (C=O) groups is 2. The number of nitrogens with zero attached hydrogens (tertiary/aromatic N) is 2. The molecule has 3 N–H and O–H groups in total. The monoisotopic (exact) mass is 383 g/mol. The molecule has 2 heterocycles. The van der Waals surface area contributed by atoms with Crippen molar-refractivity contribution in [3.05, 3.63) is 46.9 Å². The van der Waals surface area contributed by atoms with E-state index < -0.39 is 5.82 Å². The summed E-state index contributed by atoms with van der Waals surface area (Å²) in [6, 6.07) is 6.09. The van der Waals surface area contributed by atoms with Crippen molar-refractivity contribution in [2.75, 3.05) is 19.6 Å². The number of hydrogen-bond acceptors (Lipinski definition) is 5. The molecule has 2 fully saturated rings. The number of amides is 2. The molecule has 1 aromatic carbocycles. The Hall–Kier alpha value is -2.87. The van der Waals surface area contributed by atoms with E-state index in [0.717, 1.165) is 12.8 Å². The van der Waals surface area contributed by atoms with Crippen LogP contribution in [0.4, 0.5) is 4.39 Å². The third-order valence-corrected chi connectivity index (χ3v) is 5.14. The van der Waals surface area contributed by atoms with Gasteiger partial charge in [-0.3, -0.25) is 9.59 Å². The molecule has 1 aromatic heterocycles. The number of rotatable bonds is 6.